The summed E-state index contributed by atoms with van der Waals surface area (Å²) in [5.41, 5.74) is 3.20. The summed E-state index contributed by atoms with van der Waals surface area (Å²) in [4.78, 5) is 8.72. The van der Waals surface area contributed by atoms with E-state index in [1.54, 1.807) is 11.0 Å². The van der Waals surface area contributed by atoms with E-state index in [0.29, 0.717) is 6.54 Å². The molecule has 3 heterocycles. The molecule has 98 valence electrons. The third-order valence-corrected chi connectivity index (χ3v) is 3.05. The van der Waals surface area contributed by atoms with Gasteiger partial charge in [0.1, 0.15) is 12.0 Å². The summed E-state index contributed by atoms with van der Waals surface area (Å²) in [6.07, 6.45) is 3.74. The van der Waals surface area contributed by atoms with E-state index in [4.69, 9.17) is 0 Å². The highest BCUT2D eigenvalue weighted by atomic mass is 15.3. The van der Waals surface area contributed by atoms with E-state index in [0.717, 1.165) is 23.7 Å². The minimum absolute atomic E-state index is 0.653. The van der Waals surface area contributed by atoms with Gasteiger partial charge in [0, 0.05) is 19.8 Å². The molecule has 0 aromatic carbocycles. The summed E-state index contributed by atoms with van der Waals surface area (Å²) < 4.78 is 3.81. The van der Waals surface area contributed by atoms with Crippen LogP contribution in [0.4, 0.5) is 0 Å². The van der Waals surface area contributed by atoms with E-state index in [1.165, 1.54) is 5.69 Å². The number of nitrogens with zero attached hydrogens (tertiary/aromatic N) is 5. The van der Waals surface area contributed by atoms with Gasteiger partial charge < -0.3 is 9.72 Å². The molecular formula is C13H16N6. The second-order valence-corrected chi connectivity index (χ2v) is 4.51. The van der Waals surface area contributed by atoms with Crippen molar-refractivity contribution in [3.63, 3.8) is 0 Å². The van der Waals surface area contributed by atoms with Crippen LogP contribution in [0.2, 0.25) is 0 Å². The first-order valence-electron chi connectivity index (χ1n) is 6.22. The predicted octanol–water partition coefficient (Wildman–Crippen LogP) is 1.06. The normalized spacial score (nSPS) is 11.3. The molecule has 0 saturated carbocycles. The topological polar surface area (TPSA) is 60.0 Å². The van der Waals surface area contributed by atoms with Gasteiger partial charge in [-0.05, 0) is 19.1 Å². The number of fused-ring (bicyclic) bond motifs is 1. The summed E-state index contributed by atoms with van der Waals surface area (Å²) in [6.45, 7) is 3.43. The predicted molar refractivity (Wildman–Crippen MR) is 71.5 cm³/mol. The average Bonchev–Trinajstić information content (AvgIpc) is 2.94. The van der Waals surface area contributed by atoms with Gasteiger partial charge in [0.2, 0.25) is 0 Å². The van der Waals surface area contributed by atoms with Crippen molar-refractivity contribution >= 4 is 5.65 Å². The average molecular weight is 256 g/mol. The van der Waals surface area contributed by atoms with E-state index in [9.17, 15) is 0 Å². The van der Waals surface area contributed by atoms with Crippen molar-refractivity contribution in [2.24, 2.45) is 7.05 Å². The lowest BCUT2D eigenvalue weighted by Gasteiger charge is -2.04. The number of aryl methyl sites for hydroxylation is 2. The summed E-state index contributed by atoms with van der Waals surface area (Å²) in [6, 6.07) is 6.02. The van der Waals surface area contributed by atoms with Crippen LogP contribution < -0.4 is 5.32 Å². The van der Waals surface area contributed by atoms with E-state index in [1.807, 2.05) is 38.4 Å². The molecule has 0 fully saturated rings. The summed E-state index contributed by atoms with van der Waals surface area (Å²) >= 11 is 0. The van der Waals surface area contributed by atoms with Gasteiger partial charge in [0.15, 0.2) is 5.82 Å². The van der Waals surface area contributed by atoms with E-state index in [-0.39, 0.29) is 0 Å². The Morgan fingerprint density at radius 3 is 2.95 bits per heavy atom. The molecule has 0 aliphatic carbocycles. The summed E-state index contributed by atoms with van der Waals surface area (Å²) in [5, 5.41) is 7.59. The Morgan fingerprint density at radius 1 is 1.26 bits per heavy atom. The number of nitrogens with one attached hydrogen (secondary N) is 1. The number of pyridine rings is 1. The molecule has 0 atom stereocenters. The van der Waals surface area contributed by atoms with Gasteiger partial charge in [-0.25, -0.2) is 9.97 Å². The van der Waals surface area contributed by atoms with Crippen molar-refractivity contribution in [3.05, 3.63) is 47.9 Å². The Hall–Kier alpha value is -2.21. The van der Waals surface area contributed by atoms with Crippen LogP contribution in [0, 0.1) is 6.92 Å². The van der Waals surface area contributed by atoms with Gasteiger partial charge >= 0.3 is 0 Å². The molecule has 0 amide bonds. The van der Waals surface area contributed by atoms with Crippen molar-refractivity contribution in [3.8, 4) is 0 Å². The van der Waals surface area contributed by atoms with Gasteiger partial charge in [-0.15, -0.1) is 0 Å². The van der Waals surface area contributed by atoms with E-state index < -0.39 is 0 Å². The SMILES string of the molecule is Cc1nc2ccccn2c1CNCc1ncn(C)n1. The molecule has 3 aromatic rings. The first-order valence-corrected chi connectivity index (χ1v) is 6.22. The molecule has 3 rings (SSSR count). The van der Waals surface area contributed by atoms with Gasteiger partial charge in [-0.1, -0.05) is 6.07 Å². The number of hydrogen-bond acceptors (Lipinski definition) is 4. The van der Waals surface area contributed by atoms with E-state index >= 15 is 0 Å². The molecule has 0 unspecified atom stereocenters. The number of imidazole rings is 1. The maximum absolute atomic E-state index is 4.53. The fourth-order valence-corrected chi connectivity index (χ4v) is 2.13. The van der Waals surface area contributed by atoms with Crippen molar-refractivity contribution in [2.75, 3.05) is 0 Å². The van der Waals surface area contributed by atoms with Crippen LogP contribution in [0.25, 0.3) is 5.65 Å². The molecule has 6 nitrogen and oxygen atoms in total. The van der Waals surface area contributed by atoms with Gasteiger partial charge in [0.05, 0.1) is 17.9 Å². The van der Waals surface area contributed by atoms with Crippen LogP contribution >= 0.6 is 0 Å². The fraction of sp³-hybridized carbons (Fsp3) is 0.308. The zero-order valence-electron chi connectivity index (χ0n) is 11.0. The second-order valence-electron chi connectivity index (χ2n) is 4.51. The van der Waals surface area contributed by atoms with Crippen LogP contribution in [-0.4, -0.2) is 24.1 Å². The highest BCUT2D eigenvalue weighted by Crippen LogP contribution is 2.11. The number of aromatic nitrogens is 5. The van der Waals surface area contributed by atoms with Gasteiger partial charge in [0.25, 0.3) is 0 Å². The maximum atomic E-state index is 4.53. The van der Waals surface area contributed by atoms with Gasteiger partial charge in [-0.2, -0.15) is 5.10 Å². The quantitative estimate of drug-likeness (QED) is 0.758. The zero-order valence-corrected chi connectivity index (χ0v) is 11.0. The first kappa shape index (κ1) is 11.9. The molecule has 1 N–H and O–H groups in total. The standard InChI is InChI=1S/C13H16N6/c1-10-11(19-6-4-3-5-13(19)16-10)7-14-8-12-15-9-18(2)17-12/h3-6,9,14H,7-8H2,1-2H3. The Labute approximate surface area is 111 Å². The molecule has 0 aliphatic rings. The van der Waals surface area contributed by atoms with Crippen LogP contribution in [0.15, 0.2) is 30.7 Å². The van der Waals surface area contributed by atoms with E-state index in [2.05, 4.69) is 24.8 Å². The van der Waals surface area contributed by atoms with Crippen LogP contribution in [0.5, 0.6) is 0 Å². The minimum atomic E-state index is 0.653. The molecule has 0 radical (unpaired) electrons. The highest BCUT2D eigenvalue weighted by molar-refractivity contribution is 5.42. The third-order valence-electron chi connectivity index (χ3n) is 3.05. The fourth-order valence-electron chi connectivity index (χ4n) is 2.13. The monoisotopic (exact) mass is 256 g/mol. The number of rotatable bonds is 4. The Balaban J connectivity index is 1.73. The van der Waals surface area contributed by atoms with Crippen LogP contribution in [0.1, 0.15) is 17.2 Å². The molecule has 0 aliphatic heterocycles. The highest BCUT2D eigenvalue weighted by Gasteiger charge is 2.07. The minimum Gasteiger partial charge on any atom is -0.304 e. The molecule has 6 heteroatoms. The van der Waals surface area contributed by atoms with Gasteiger partial charge in [-0.3, -0.25) is 4.68 Å². The molecule has 0 saturated heterocycles. The zero-order chi connectivity index (χ0) is 13.2. The molecular weight excluding hydrogens is 240 g/mol. The maximum Gasteiger partial charge on any atom is 0.164 e. The lowest BCUT2D eigenvalue weighted by Crippen LogP contribution is -2.16. The summed E-state index contributed by atoms with van der Waals surface area (Å²) in [5.74, 6) is 0.800. The molecule has 0 spiro atoms. The smallest absolute Gasteiger partial charge is 0.164 e. The largest absolute Gasteiger partial charge is 0.304 e. The Kier molecular flexibility index (Phi) is 3.00. The van der Waals surface area contributed by atoms with Crippen LogP contribution in [0.3, 0.4) is 0 Å². The summed E-state index contributed by atoms with van der Waals surface area (Å²) in [7, 11) is 1.87. The molecule has 19 heavy (non-hydrogen) atoms. The lowest BCUT2D eigenvalue weighted by molar-refractivity contribution is 0.636. The Morgan fingerprint density at radius 2 is 2.16 bits per heavy atom. The third kappa shape index (κ3) is 2.34. The van der Waals surface area contributed by atoms with Crippen LogP contribution in [-0.2, 0) is 20.1 Å². The van der Waals surface area contributed by atoms with Crippen molar-refractivity contribution in [2.45, 2.75) is 20.0 Å². The van der Waals surface area contributed by atoms with Crippen molar-refractivity contribution in [1.82, 2.24) is 29.5 Å². The van der Waals surface area contributed by atoms with Crippen molar-refractivity contribution in [1.29, 1.82) is 0 Å². The molecule has 3 aromatic heterocycles. The second kappa shape index (κ2) is 4.81. The number of hydrogen-bond donors (Lipinski definition) is 1. The lowest BCUT2D eigenvalue weighted by atomic mass is 10.3. The molecule has 0 bridgehead atoms. The first-order chi connectivity index (χ1) is 9.24. The van der Waals surface area contributed by atoms with Crippen molar-refractivity contribution < 1.29 is 0 Å². The Bertz CT molecular complexity index is 696.